The number of rotatable bonds is 1. The Morgan fingerprint density at radius 2 is 1.90 bits per heavy atom. The second kappa shape index (κ2) is 6.38. The molecule has 2 rings (SSSR count). The molecule has 1 heterocycles. The highest BCUT2D eigenvalue weighted by Gasteiger charge is 2.36. The lowest BCUT2D eigenvalue weighted by Gasteiger charge is -2.08. The molecule has 0 fully saturated rings. The van der Waals surface area contributed by atoms with Crippen LogP contribution in [0.3, 0.4) is 0 Å². The molecule has 5 nitrogen and oxygen atoms in total. The zero-order valence-electron chi connectivity index (χ0n) is 10.5. The number of benzene rings is 1. The first-order chi connectivity index (χ1) is 9.58. The van der Waals surface area contributed by atoms with Crippen molar-refractivity contribution in [1.29, 1.82) is 5.26 Å². The molecule has 0 radical (unpaired) electrons. The molecule has 1 atom stereocenters. The lowest BCUT2D eigenvalue weighted by Crippen LogP contribution is -2.34. The van der Waals surface area contributed by atoms with Crippen LogP contribution in [0, 0.1) is 11.3 Å². The first kappa shape index (κ1) is 17.4. The van der Waals surface area contributed by atoms with Crippen molar-refractivity contribution in [3.05, 3.63) is 29.8 Å². The number of hydrogen-bond donors (Lipinski definition) is 0. The van der Waals surface area contributed by atoms with E-state index < -0.39 is 15.6 Å². The monoisotopic (exact) mass is 338 g/mol. The molecule has 1 unspecified atom stereocenters. The van der Waals surface area contributed by atoms with Crippen molar-refractivity contribution >= 4 is 31.7 Å². The quantitative estimate of drug-likeness (QED) is 0.454. The Bertz CT molecular complexity index is 763. The number of nitrogens with zero attached hydrogens (tertiary/aromatic N) is 2. The molecule has 0 N–H and O–H groups in total. The van der Waals surface area contributed by atoms with E-state index in [-0.39, 0.29) is 6.04 Å². The number of alkyl halides is 3. The van der Waals surface area contributed by atoms with Crippen LogP contribution in [0.15, 0.2) is 29.8 Å². The maximum Gasteiger partial charge on any atom is 0.485 e. The number of hydrogen-bond acceptors (Lipinski definition) is 5. The Kier molecular flexibility index (Phi) is 5.27. The molecule has 0 bridgehead atoms. The van der Waals surface area contributed by atoms with E-state index in [2.05, 4.69) is 12.1 Å². The fourth-order valence-corrected chi connectivity index (χ4v) is 2.28. The minimum atomic E-state index is -6.09. The molecule has 0 amide bonds. The van der Waals surface area contributed by atoms with Gasteiger partial charge in [-0.3, -0.25) is 0 Å². The van der Waals surface area contributed by atoms with Crippen molar-refractivity contribution in [2.75, 3.05) is 0 Å². The van der Waals surface area contributed by atoms with E-state index in [4.69, 9.17) is 18.2 Å². The smallest absolute Gasteiger partial charge is 0.485 e. The summed E-state index contributed by atoms with van der Waals surface area (Å²) in [5.74, 6) is 0. The van der Waals surface area contributed by atoms with Crippen molar-refractivity contribution in [3.63, 3.8) is 0 Å². The van der Waals surface area contributed by atoms with Crippen molar-refractivity contribution in [1.82, 2.24) is 0 Å². The number of halogens is 3. The van der Waals surface area contributed by atoms with Gasteiger partial charge in [-0.15, -0.1) is 0 Å². The summed E-state index contributed by atoms with van der Waals surface area (Å²) in [4.78, 5) is 0. The van der Waals surface area contributed by atoms with Gasteiger partial charge in [0.1, 0.15) is 10.8 Å². The average molecular weight is 338 g/mol. The van der Waals surface area contributed by atoms with E-state index in [1.165, 1.54) is 4.70 Å². The van der Waals surface area contributed by atoms with Gasteiger partial charge in [0, 0.05) is 13.0 Å². The molecule has 0 aliphatic carbocycles. The van der Waals surface area contributed by atoms with Gasteiger partial charge in [0.05, 0.1) is 0 Å². The standard InChI is InChI=1S/C10H9N2S.CHF3O3S/c1-8(6-11)12-7-13-10-5-3-2-4-9(10)12;2-1(3,4)8(5,6)7/h2-5,7-8H,1H3;(H,5,6,7)/q+1;/p-1. The van der Waals surface area contributed by atoms with E-state index >= 15 is 0 Å². The molecular weight excluding hydrogens is 329 g/mol. The highest BCUT2D eigenvalue weighted by atomic mass is 32.2. The molecule has 0 saturated heterocycles. The van der Waals surface area contributed by atoms with E-state index in [1.807, 2.05) is 35.2 Å². The zero-order chi connectivity index (χ0) is 16.3. The first-order valence-corrected chi connectivity index (χ1v) is 7.66. The fourth-order valence-electron chi connectivity index (χ4n) is 1.30. The summed E-state index contributed by atoms with van der Waals surface area (Å²) in [7, 11) is -6.09. The molecular formula is C11H9F3N2O3S2. The van der Waals surface area contributed by atoms with Crippen LogP contribution in [-0.2, 0) is 10.1 Å². The molecule has 0 aliphatic rings. The Morgan fingerprint density at radius 3 is 2.38 bits per heavy atom. The molecule has 1 aromatic heterocycles. The summed E-state index contributed by atoms with van der Waals surface area (Å²) < 4.78 is 62.1. The number of fused-ring (bicyclic) bond motifs is 1. The van der Waals surface area contributed by atoms with Gasteiger partial charge in [-0.25, -0.2) is 8.42 Å². The van der Waals surface area contributed by atoms with E-state index in [0.717, 1.165) is 5.52 Å². The van der Waals surface area contributed by atoms with E-state index in [9.17, 15) is 13.2 Å². The lowest BCUT2D eigenvalue weighted by atomic mass is 10.3. The van der Waals surface area contributed by atoms with Crippen LogP contribution < -0.4 is 4.57 Å². The molecule has 0 aliphatic heterocycles. The summed E-state index contributed by atoms with van der Waals surface area (Å²) in [6.45, 7) is 1.90. The van der Waals surface area contributed by atoms with Gasteiger partial charge in [0.25, 0.3) is 0 Å². The van der Waals surface area contributed by atoms with E-state index in [0.29, 0.717) is 0 Å². The van der Waals surface area contributed by atoms with Gasteiger partial charge in [0.2, 0.25) is 17.1 Å². The average Bonchev–Trinajstić information content (AvgIpc) is 2.80. The molecule has 114 valence electrons. The summed E-state index contributed by atoms with van der Waals surface area (Å²) in [5.41, 5.74) is -2.51. The van der Waals surface area contributed by atoms with Gasteiger partial charge in [0.15, 0.2) is 10.1 Å². The Labute approximate surface area is 122 Å². The van der Waals surface area contributed by atoms with Crippen LogP contribution in [0.2, 0.25) is 0 Å². The maximum atomic E-state index is 10.7. The largest absolute Gasteiger partial charge is 0.741 e. The topological polar surface area (TPSA) is 84.9 Å². The first-order valence-electron chi connectivity index (χ1n) is 5.37. The third kappa shape index (κ3) is 4.38. The van der Waals surface area contributed by atoms with Crippen molar-refractivity contribution in [2.45, 2.75) is 18.5 Å². The summed E-state index contributed by atoms with van der Waals surface area (Å²) in [6, 6.07) is 10.3. The molecule has 0 saturated carbocycles. The Hall–Kier alpha value is -1.70. The van der Waals surface area contributed by atoms with Crippen LogP contribution in [-0.4, -0.2) is 18.5 Å². The second-order valence-corrected chi connectivity index (χ2v) is 6.06. The maximum absolute atomic E-state index is 10.7. The third-order valence-corrected chi connectivity index (χ3v) is 3.82. The van der Waals surface area contributed by atoms with Crippen molar-refractivity contribution < 1.29 is 30.7 Å². The van der Waals surface area contributed by atoms with Crippen LogP contribution in [0.5, 0.6) is 0 Å². The van der Waals surface area contributed by atoms with Gasteiger partial charge in [-0.2, -0.15) is 23.0 Å². The van der Waals surface area contributed by atoms with E-state index in [1.54, 1.807) is 11.3 Å². The summed E-state index contributed by atoms with van der Waals surface area (Å²) in [6.07, 6.45) is 0. The van der Waals surface area contributed by atoms with Crippen molar-refractivity contribution in [3.8, 4) is 6.07 Å². The molecule has 1 aromatic carbocycles. The number of para-hydroxylation sites is 1. The highest BCUT2D eigenvalue weighted by molar-refractivity contribution is 7.86. The number of nitriles is 1. The Morgan fingerprint density at radius 1 is 1.38 bits per heavy atom. The normalized spacial score (nSPS) is 13.1. The minimum Gasteiger partial charge on any atom is -0.741 e. The summed E-state index contributed by atoms with van der Waals surface area (Å²) >= 11 is 1.67. The number of thiazole rings is 1. The van der Waals surface area contributed by atoms with Gasteiger partial charge in [-0.05, 0) is 6.07 Å². The van der Waals surface area contributed by atoms with Crippen molar-refractivity contribution in [2.24, 2.45) is 0 Å². The highest BCUT2D eigenvalue weighted by Crippen LogP contribution is 2.20. The van der Waals surface area contributed by atoms with Crippen LogP contribution in [0.25, 0.3) is 10.2 Å². The van der Waals surface area contributed by atoms with Gasteiger partial charge < -0.3 is 4.55 Å². The fraction of sp³-hybridized carbons (Fsp3) is 0.273. The third-order valence-electron chi connectivity index (χ3n) is 2.32. The molecule has 2 aromatic rings. The molecule has 10 heteroatoms. The Balaban J connectivity index is 0.000000240. The van der Waals surface area contributed by atoms with Crippen LogP contribution >= 0.6 is 11.3 Å². The van der Waals surface area contributed by atoms with Gasteiger partial charge in [-0.1, -0.05) is 23.5 Å². The second-order valence-electron chi connectivity index (χ2n) is 3.80. The molecule has 0 spiro atoms. The zero-order valence-corrected chi connectivity index (χ0v) is 12.2. The van der Waals surface area contributed by atoms with Gasteiger partial charge >= 0.3 is 5.51 Å². The summed E-state index contributed by atoms with van der Waals surface area (Å²) in [5, 5.41) is 8.80. The lowest BCUT2D eigenvalue weighted by molar-refractivity contribution is -0.677. The van der Waals surface area contributed by atoms with Crippen LogP contribution in [0.4, 0.5) is 13.2 Å². The minimum absolute atomic E-state index is 0.0869. The van der Waals surface area contributed by atoms with Crippen LogP contribution in [0.1, 0.15) is 13.0 Å². The SMILES string of the molecule is CC(C#N)[n+]1csc2ccccc21.O=S(=O)([O-])C(F)(F)F. The predicted octanol–water partition coefficient (Wildman–Crippen LogP) is 2.32. The predicted molar refractivity (Wildman–Crippen MR) is 68.1 cm³/mol. The molecule has 21 heavy (non-hydrogen) atoms. The number of aromatic nitrogens is 1.